The van der Waals surface area contributed by atoms with Gasteiger partial charge in [-0.05, 0) is 58.7 Å². The molecule has 0 bridgehead atoms. The van der Waals surface area contributed by atoms with Gasteiger partial charge in [-0.1, -0.05) is 6.92 Å². The van der Waals surface area contributed by atoms with Crippen molar-refractivity contribution in [2.75, 3.05) is 26.7 Å². The van der Waals surface area contributed by atoms with E-state index in [0.29, 0.717) is 13.0 Å². The summed E-state index contributed by atoms with van der Waals surface area (Å²) >= 11 is 0. The van der Waals surface area contributed by atoms with E-state index in [-0.39, 0.29) is 5.91 Å². The van der Waals surface area contributed by atoms with Crippen molar-refractivity contribution in [3.8, 4) is 6.07 Å². The van der Waals surface area contributed by atoms with Crippen molar-refractivity contribution in [3.05, 3.63) is 0 Å². The van der Waals surface area contributed by atoms with Crippen LogP contribution >= 0.6 is 0 Å². The minimum absolute atomic E-state index is 0.125. The van der Waals surface area contributed by atoms with Crippen molar-refractivity contribution in [1.29, 1.82) is 5.26 Å². The van der Waals surface area contributed by atoms with Gasteiger partial charge in [-0.25, -0.2) is 0 Å². The van der Waals surface area contributed by atoms with Crippen molar-refractivity contribution >= 4 is 5.91 Å². The minimum atomic E-state index is -0.868. The van der Waals surface area contributed by atoms with Gasteiger partial charge in [-0.15, -0.1) is 0 Å². The minimum Gasteiger partial charge on any atom is -0.355 e. The molecule has 0 radical (unpaired) electrons. The number of carbonyl (C=O) groups excluding carboxylic acids is 1. The summed E-state index contributed by atoms with van der Waals surface area (Å²) in [5, 5.41) is 11.9. The molecule has 1 unspecified atom stereocenters. The lowest BCUT2D eigenvalue weighted by Crippen LogP contribution is -2.39. The van der Waals surface area contributed by atoms with Crippen LogP contribution in [0.15, 0.2) is 0 Å². The molecule has 18 heavy (non-hydrogen) atoms. The summed E-state index contributed by atoms with van der Waals surface area (Å²) in [5.74, 6) is 0.594. The van der Waals surface area contributed by atoms with E-state index in [1.54, 1.807) is 6.92 Å². The van der Waals surface area contributed by atoms with Gasteiger partial charge in [0.2, 0.25) is 5.91 Å². The van der Waals surface area contributed by atoms with Crippen LogP contribution in [0.25, 0.3) is 0 Å². The topological polar surface area (TPSA) is 56.1 Å². The normalized spacial score (nSPS) is 21.0. The van der Waals surface area contributed by atoms with Crippen molar-refractivity contribution in [3.63, 3.8) is 0 Å². The van der Waals surface area contributed by atoms with Gasteiger partial charge in [0.1, 0.15) is 5.41 Å². The third kappa shape index (κ3) is 3.99. The average molecular weight is 251 g/mol. The molecule has 1 fully saturated rings. The average Bonchev–Trinajstić information content (AvgIpc) is 2.40. The zero-order valence-corrected chi connectivity index (χ0v) is 11.8. The maximum absolute atomic E-state index is 11.9. The first-order chi connectivity index (χ1) is 8.51. The molecule has 1 saturated heterocycles. The fourth-order valence-electron chi connectivity index (χ4n) is 2.23. The smallest absolute Gasteiger partial charge is 0.240 e. The highest BCUT2D eigenvalue weighted by Crippen LogP contribution is 2.21. The number of nitrogens with one attached hydrogen (secondary N) is 1. The van der Waals surface area contributed by atoms with E-state index in [9.17, 15) is 4.79 Å². The number of piperidine rings is 1. The summed E-state index contributed by atoms with van der Waals surface area (Å²) in [5.41, 5.74) is -0.868. The highest BCUT2D eigenvalue weighted by molar-refractivity contribution is 5.84. The molecule has 0 aromatic rings. The van der Waals surface area contributed by atoms with Crippen LogP contribution in [0, 0.1) is 22.7 Å². The largest absolute Gasteiger partial charge is 0.355 e. The summed E-state index contributed by atoms with van der Waals surface area (Å²) in [6.07, 6.45) is 4.03. The van der Waals surface area contributed by atoms with E-state index in [2.05, 4.69) is 23.3 Å². The van der Waals surface area contributed by atoms with E-state index in [1.165, 1.54) is 12.8 Å². The van der Waals surface area contributed by atoms with E-state index in [0.717, 1.165) is 25.4 Å². The Balaban J connectivity index is 2.26. The zero-order chi connectivity index (χ0) is 13.6. The van der Waals surface area contributed by atoms with Crippen molar-refractivity contribution in [1.82, 2.24) is 10.2 Å². The first kappa shape index (κ1) is 15.0. The van der Waals surface area contributed by atoms with Crippen molar-refractivity contribution < 1.29 is 4.79 Å². The Hall–Kier alpha value is -1.08. The fraction of sp³-hybridized carbons (Fsp3) is 0.857. The first-order valence-corrected chi connectivity index (χ1v) is 6.90. The quantitative estimate of drug-likeness (QED) is 0.810. The van der Waals surface area contributed by atoms with E-state index in [4.69, 9.17) is 5.26 Å². The van der Waals surface area contributed by atoms with Crippen LogP contribution in [0.4, 0.5) is 0 Å². The molecule has 0 spiro atoms. The lowest BCUT2D eigenvalue weighted by molar-refractivity contribution is -0.127. The SMILES string of the molecule is CCC(C)(C#N)C(=O)NCCC1CCN(C)CC1. The molecule has 1 aliphatic rings. The van der Waals surface area contributed by atoms with Crippen LogP contribution in [0.2, 0.25) is 0 Å². The number of amides is 1. The van der Waals surface area contributed by atoms with Crippen LogP contribution in [0.1, 0.15) is 39.5 Å². The number of hydrogen-bond donors (Lipinski definition) is 1. The molecule has 0 saturated carbocycles. The third-order valence-electron chi connectivity index (χ3n) is 4.13. The lowest BCUT2D eigenvalue weighted by Gasteiger charge is -2.29. The number of likely N-dealkylation sites (tertiary alicyclic amines) is 1. The molecule has 1 N–H and O–H groups in total. The fourth-order valence-corrected chi connectivity index (χ4v) is 2.23. The van der Waals surface area contributed by atoms with Gasteiger partial charge >= 0.3 is 0 Å². The highest BCUT2D eigenvalue weighted by Gasteiger charge is 2.30. The molecule has 4 heteroatoms. The van der Waals surface area contributed by atoms with E-state index >= 15 is 0 Å². The van der Waals surface area contributed by atoms with Crippen LogP contribution < -0.4 is 5.32 Å². The molecule has 102 valence electrons. The molecule has 1 aliphatic heterocycles. The second kappa shape index (κ2) is 6.75. The molecule has 1 amide bonds. The van der Waals surface area contributed by atoms with Gasteiger partial charge < -0.3 is 10.2 Å². The Morgan fingerprint density at radius 2 is 2.11 bits per heavy atom. The van der Waals surface area contributed by atoms with Gasteiger partial charge in [0.05, 0.1) is 6.07 Å². The van der Waals surface area contributed by atoms with Crippen LogP contribution in [-0.2, 0) is 4.79 Å². The predicted octanol–water partition coefficient (Wildman–Crippen LogP) is 1.77. The number of hydrogen-bond acceptors (Lipinski definition) is 3. The standard InChI is InChI=1S/C14H25N3O/c1-4-14(2,11-15)13(18)16-8-5-12-6-9-17(3)10-7-12/h12H,4-10H2,1-3H3,(H,16,18). The summed E-state index contributed by atoms with van der Waals surface area (Å²) in [6.45, 7) is 6.59. The van der Waals surface area contributed by atoms with Gasteiger partial charge in [0, 0.05) is 6.54 Å². The molecule has 0 aromatic heterocycles. The monoisotopic (exact) mass is 251 g/mol. The maximum Gasteiger partial charge on any atom is 0.240 e. The second-order valence-corrected chi connectivity index (χ2v) is 5.59. The number of nitriles is 1. The Morgan fingerprint density at radius 3 is 2.61 bits per heavy atom. The Kier molecular flexibility index (Phi) is 5.61. The van der Waals surface area contributed by atoms with Gasteiger partial charge in [0.25, 0.3) is 0 Å². The van der Waals surface area contributed by atoms with Crippen molar-refractivity contribution in [2.24, 2.45) is 11.3 Å². The van der Waals surface area contributed by atoms with Gasteiger partial charge in [-0.2, -0.15) is 5.26 Å². The number of carbonyl (C=O) groups is 1. The molecule has 4 nitrogen and oxygen atoms in total. The molecular formula is C14H25N3O. The zero-order valence-electron chi connectivity index (χ0n) is 11.8. The Morgan fingerprint density at radius 1 is 1.50 bits per heavy atom. The second-order valence-electron chi connectivity index (χ2n) is 5.59. The van der Waals surface area contributed by atoms with E-state index < -0.39 is 5.41 Å². The molecule has 1 heterocycles. The number of rotatable bonds is 5. The number of nitrogens with zero attached hydrogens (tertiary/aromatic N) is 2. The van der Waals surface area contributed by atoms with Gasteiger partial charge in [0.15, 0.2) is 0 Å². The van der Waals surface area contributed by atoms with Gasteiger partial charge in [-0.3, -0.25) is 4.79 Å². The third-order valence-corrected chi connectivity index (χ3v) is 4.13. The Bertz CT molecular complexity index is 315. The summed E-state index contributed by atoms with van der Waals surface area (Å²) in [7, 11) is 2.15. The van der Waals surface area contributed by atoms with Crippen LogP contribution in [-0.4, -0.2) is 37.5 Å². The van der Waals surface area contributed by atoms with E-state index in [1.807, 2.05) is 6.92 Å². The highest BCUT2D eigenvalue weighted by atomic mass is 16.2. The summed E-state index contributed by atoms with van der Waals surface area (Å²) in [4.78, 5) is 14.2. The Labute approximate surface area is 110 Å². The molecular weight excluding hydrogens is 226 g/mol. The molecule has 0 aromatic carbocycles. The van der Waals surface area contributed by atoms with Crippen molar-refractivity contribution in [2.45, 2.75) is 39.5 Å². The first-order valence-electron chi connectivity index (χ1n) is 6.90. The molecule has 1 rings (SSSR count). The predicted molar refractivity (Wildman–Crippen MR) is 71.9 cm³/mol. The van der Waals surface area contributed by atoms with Crippen LogP contribution in [0.3, 0.4) is 0 Å². The lowest BCUT2D eigenvalue weighted by atomic mass is 9.88. The molecule has 0 aliphatic carbocycles. The maximum atomic E-state index is 11.9. The molecule has 1 atom stereocenters. The summed E-state index contributed by atoms with van der Waals surface area (Å²) < 4.78 is 0. The van der Waals surface area contributed by atoms with Crippen LogP contribution in [0.5, 0.6) is 0 Å². The summed E-state index contributed by atoms with van der Waals surface area (Å²) in [6, 6.07) is 2.10.